The first-order valence-electron chi connectivity index (χ1n) is 9.50. The van der Waals surface area contributed by atoms with Gasteiger partial charge in [0.2, 0.25) is 17.6 Å². The van der Waals surface area contributed by atoms with Gasteiger partial charge in [-0.25, -0.2) is 0 Å². The summed E-state index contributed by atoms with van der Waals surface area (Å²) in [4.78, 5) is 18.5. The molecule has 0 radical (unpaired) electrons. The predicted molar refractivity (Wildman–Crippen MR) is 107 cm³/mol. The molecule has 0 unspecified atom stereocenters. The van der Waals surface area contributed by atoms with E-state index in [9.17, 15) is 4.79 Å². The van der Waals surface area contributed by atoms with Gasteiger partial charge in [0.1, 0.15) is 5.75 Å². The van der Waals surface area contributed by atoms with E-state index in [0.717, 1.165) is 16.9 Å². The molecule has 1 amide bonds. The zero-order valence-corrected chi connectivity index (χ0v) is 16.3. The Hall–Kier alpha value is -3.15. The summed E-state index contributed by atoms with van der Waals surface area (Å²) in [5.41, 5.74) is 1.92. The summed E-state index contributed by atoms with van der Waals surface area (Å²) in [5, 5.41) is 4.06. The molecule has 1 aromatic heterocycles. The van der Waals surface area contributed by atoms with Gasteiger partial charge in [0.05, 0.1) is 12.2 Å². The average Bonchev–Trinajstić information content (AvgIpc) is 3.18. The van der Waals surface area contributed by atoms with E-state index < -0.39 is 0 Å². The fourth-order valence-corrected chi connectivity index (χ4v) is 2.93. The van der Waals surface area contributed by atoms with Crippen LogP contribution in [0.1, 0.15) is 31.2 Å². The van der Waals surface area contributed by atoms with Gasteiger partial charge in [0.15, 0.2) is 0 Å². The minimum Gasteiger partial charge on any atom is -0.493 e. The highest BCUT2D eigenvalue weighted by Crippen LogP contribution is 2.27. The van der Waals surface area contributed by atoms with Crippen molar-refractivity contribution >= 4 is 5.91 Å². The maximum absolute atomic E-state index is 12.3. The quantitative estimate of drug-likeness (QED) is 0.559. The van der Waals surface area contributed by atoms with Crippen molar-refractivity contribution < 1.29 is 14.1 Å². The highest BCUT2D eigenvalue weighted by Gasteiger charge is 2.14. The molecule has 3 aromatic rings. The smallest absolute Gasteiger partial charge is 0.226 e. The van der Waals surface area contributed by atoms with Crippen LogP contribution in [0, 0.1) is 0 Å². The number of aromatic nitrogens is 2. The molecule has 0 atom stereocenters. The lowest BCUT2D eigenvalue weighted by Crippen LogP contribution is -2.25. The molecule has 0 aliphatic carbocycles. The van der Waals surface area contributed by atoms with Crippen molar-refractivity contribution in [3.63, 3.8) is 0 Å². The summed E-state index contributed by atoms with van der Waals surface area (Å²) in [6, 6.07) is 17.6. The van der Waals surface area contributed by atoms with Crippen LogP contribution >= 0.6 is 0 Å². The summed E-state index contributed by atoms with van der Waals surface area (Å²) in [6.45, 7) is 3.11. The monoisotopic (exact) mass is 379 g/mol. The van der Waals surface area contributed by atoms with Crippen LogP contribution in [0.3, 0.4) is 0 Å². The minimum atomic E-state index is 0.102. The van der Waals surface area contributed by atoms with Gasteiger partial charge in [-0.05, 0) is 31.0 Å². The van der Waals surface area contributed by atoms with Crippen LogP contribution in [0.15, 0.2) is 59.1 Å². The van der Waals surface area contributed by atoms with E-state index in [0.29, 0.717) is 44.1 Å². The van der Waals surface area contributed by atoms with Crippen LogP contribution < -0.4 is 4.74 Å². The minimum absolute atomic E-state index is 0.102. The maximum atomic E-state index is 12.3. The first-order valence-corrected chi connectivity index (χ1v) is 9.50. The lowest BCUT2D eigenvalue weighted by molar-refractivity contribution is -0.130. The number of ether oxygens (including phenoxy) is 1. The van der Waals surface area contributed by atoms with Crippen molar-refractivity contribution in [2.75, 3.05) is 13.7 Å². The molecule has 0 N–H and O–H groups in total. The summed E-state index contributed by atoms with van der Waals surface area (Å²) in [6.07, 6.45) is 1.66. The van der Waals surface area contributed by atoms with Crippen molar-refractivity contribution in [1.82, 2.24) is 15.0 Å². The van der Waals surface area contributed by atoms with Gasteiger partial charge in [-0.3, -0.25) is 4.79 Å². The number of carbonyl (C=O) groups excluding carboxylic acids is 1. The second-order valence-corrected chi connectivity index (χ2v) is 6.53. The molecule has 0 aliphatic rings. The number of benzene rings is 2. The lowest BCUT2D eigenvalue weighted by atomic mass is 10.2. The molecule has 1 heterocycles. The predicted octanol–water partition coefficient (Wildman–Crippen LogP) is 4.12. The van der Waals surface area contributed by atoms with Gasteiger partial charge in [-0.2, -0.15) is 4.98 Å². The van der Waals surface area contributed by atoms with Crippen molar-refractivity contribution in [3.05, 3.63) is 66.1 Å². The Morgan fingerprint density at radius 3 is 2.64 bits per heavy atom. The number of hydrogen-bond acceptors (Lipinski definition) is 5. The number of nitrogens with zero attached hydrogens (tertiary/aromatic N) is 3. The topological polar surface area (TPSA) is 68.5 Å². The van der Waals surface area contributed by atoms with Gasteiger partial charge in [0, 0.05) is 26.4 Å². The molecule has 0 bridgehead atoms. The Balaban J connectivity index is 1.51. The molecular formula is C22H25N3O3. The Bertz CT molecular complexity index is 893. The third-order valence-electron chi connectivity index (χ3n) is 4.37. The summed E-state index contributed by atoms with van der Waals surface area (Å²) < 4.78 is 11.0. The Labute approximate surface area is 165 Å². The largest absolute Gasteiger partial charge is 0.493 e. The normalized spacial score (nSPS) is 10.6. The fourth-order valence-electron chi connectivity index (χ4n) is 2.93. The van der Waals surface area contributed by atoms with Crippen LogP contribution in [0.4, 0.5) is 0 Å². The second kappa shape index (κ2) is 9.69. The number of carbonyl (C=O) groups is 1. The Kier molecular flexibility index (Phi) is 6.78. The maximum Gasteiger partial charge on any atom is 0.226 e. The zero-order chi connectivity index (χ0) is 19.8. The van der Waals surface area contributed by atoms with Gasteiger partial charge >= 0.3 is 0 Å². The van der Waals surface area contributed by atoms with E-state index in [1.807, 2.05) is 68.6 Å². The summed E-state index contributed by atoms with van der Waals surface area (Å²) >= 11 is 0. The molecule has 6 nitrogen and oxygen atoms in total. The van der Waals surface area contributed by atoms with Crippen LogP contribution in [-0.4, -0.2) is 34.6 Å². The first-order chi connectivity index (χ1) is 13.7. The van der Waals surface area contributed by atoms with Crippen molar-refractivity contribution in [3.8, 4) is 17.1 Å². The number of amides is 1. The van der Waals surface area contributed by atoms with Crippen LogP contribution in [-0.2, 0) is 17.8 Å². The third-order valence-corrected chi connectivity index (χ3v) is 4.37. The molecule has 6 heteroatoms. The molecule has 0 fully saturated rings. The van der Waals surface area contributed by atoms with Crippen molar-refractivity contribution in [2.45, 2.75) is 32.7 Å². The molecule has 3 rings (SSSR count). The highest BCUT2D eigenvalue weighted by molar-refractivity contribution is 5.75. The van der Waals surface area contributed by atoms with E-state index in [2.05, 4.69) is 10.1 Å². The standard InChI is InChI=1S/C22H25N3O3/c1-3-27-19-13-8-7-12-18(19)22-23-20(28-24-22)14-9-15-21(26)25(2)16-17-10-5-4-6-11-17/h4-8,10-13H,3,9,14-16H2,1-2H3. The zero-order valence-electron chi connectivity index (χ0n) is 16.3. The number of aryl methyl sites for hydroxylation is 1. The highest BCUT2D eigenvalue weighted by atomic mass is 16.5. The number of para-hydroxylation sites is 1. The summed E-state index contributed by atoms with van der Waals surface area (Å²) in [7, 11) is 1.82. The Morgan fingerprint density at radius 2 is 1.86 bits per heavy atom. The number of rotatable bonds is 9. The van der Waals surface area contributed by atoms with Crippen molar-refractivity contribution in [1.29, 1.82) is 0 Å². The third kappa shape index (κ3) is 5.19. The summed E-state index contributed by atoms with van der Waals surface area (Å²) in [5.74, 6) is 1.87. The van der Waals surface area contributed by atoms with Gasteiger partial charge in [0.25, 0.3) is 0 Å². The molecular weight excluding hydrogens is 354 g/mol. The molecule has 2 aromatic carbocycles. The van der Waals surface area contributed by atoms with E-state index in [1.165, 1.54) is 0 Å². The lowest BCUT2D eigenvalue weighted by Gasteiger charge is -2.17. The van der Waals surface area contributed by atoms with Crippen LogP contribution in [0.5, 0.6) is 5.75 Å². The molecule has 0 aliphatic heterocycles. The fraction of sp³-hybridized carbons (Fsp3) is 0.318. The van der Waals surface area contributed by atoms with E-state index in [4.69, 9.17) is 9.26 Å². The van der Waals surface area contributed by atoms with E-state index in [-0.39, 0.29) is 5.91 Å². The molecule has 0 saturated heterocycles. The van der Waals surface area contributed by atoms with Gasteiger partial charge < -0.3 is 14.2 Å². The van der Waals surface area contributed by atoms with Crippen molar-refractivity contribution in [2.24, 2.45) is 0 Å². The van der Waals surface area contributed by atoms with Gasteiger partial charge in [-0.15, -0.1) is 0 Å². The van der Waals surface area contributed by atoms with E-state index >= 15 is 0 Å². The van der Waals surface area contributed by atoms with E-state index in [1.54, 1.807) is 4.90 Å². The van der Waals surface area contributed by atoms with Gasteiger partial charge in [-0.1, -0.05) is 47.6 Å². The van der Waals surface area contributed by atoms with Crippen LogP contribution in [0.2, 0.25) is 0 Å². The SMILES string of the molecule is CCOc1ccccc1-c1noc(CCCC(=O)N(C)Cc2ccccc2)n1. The first kappa shape index (κ1) is 19.6. The molecule has 28 heavy (non-hydrogen) atoms. The number of hydrogen-bond donors (Lipinski definition) is 0. The second-order valence-electron chi connectivity index (χ2n) is 6.53. The molecule has 0 spiro atoms. The Morgan fingerprint density at radius 1 is 1.11 bits per heavy atom. The molecule has 146 valence electrons. The van der Waals surface area contributed by atoms with Crippen LogP contribution in [0.25, 0.3) is 11.4 Å². The molecule has 0 saturated carbocycles. The average molecular weight is 379 g/mol.